The van der Waals surface area contributed by atoms with E-state index in [0.29, 0.717) is 37.8 Å². The predicted octanol–water partition coefficient (Wildman–Crippen LogP) is 2.24. The molecule has 0 bridgehead atoms. The molecule has 1 aliphatic heterocycles. The van der Waals surface area contributed by atoms with Crippen LogP contribution in [0.1, 0.15) is 10.5 Å². The lowest BCUT2D eigenvalue weighted by Crippen LogP contribution is -2.49. The molecule has 2 aromatic rings. The quantitative estimate of drug-likeness (QED) is 0.849. The molecule has 0 radical (unpaired) electrons. The van der Waals surface area contributed by atoms with Crippen molar-refractivity contribution in [2.45, 2.75) is 0 Å². The summed E-state index contributed by atoms with van der Waals surface area (Å²) in [5.74, 6) is -0.243. The van der Waals surface area contributed by atoms with Crippen LogP contribution in [0.25, 0.3) is 0 Å². The van der Waals surface area contributed by atoms with E-state index in [2.05, 4.69) is 14.9 Å². The van der Waals surface area contributed by atoms with Crippen LogP contribution in [-0.2, 0) is 0 Å². The zero-order valence-corrected chi connectivity index (χ0v) is 13.8. The van der Waals surface area contributed by atoms with Crippen molar-refractivity contribution < 1.29 is 13.9 Å². The molecular weight excluding hydrogens is 335 g/mol. The summed E-state index contributed by atoms with van der Waals surface area (Å²) >= 11 is 5.83. The van der Waals surface area contributed by atoms with Crippen LogP contribution in [0, 0.1) is 5.82 Å². The molecule has 1 saturated heterocycles. The van der Waals surface area contributed by atoms with Crippen LogP contribution >= 0.6 is 11.6 Å². The first-order valence-electron chi connectivity index (χ1n) is 7.44. The topological polar surface area (TPSA) is 58.6 Å². The van der Waals surface area contributed by atoms with Gasteiger partial charge in [0.1, 0.15) is 17.8 Å². The van der Waals surface area contributed by atoms with Crippen LogP contribution < -0.4 is 9.64 Å². The Morgan fingerprint density at radius 2 is 1.96 bits per heavy atom. The number of ether oxygens (including phenoxy) is 1. The maximum absolute atomic E-state index is 13.3. The summed E-state index contributed by atoms with van der Waals surface area (Å²) in [6.07, 6.45) is 1.31. The van der Waals surface area contributed by atoms with Crippen LogP contribution in [0.4, 0.5) is 10.1 Å². The number of methoxy groups -OCH3 is 1. The minimum absolute atomic E-state index is 0.0964. The monoisotopic (exact) mass is 350 g/mol. The number of aromatic nitrogens is 2. The lowest BCUT2D eigenvalue weighted by molar-refractivity contribution is 0.0740. The van der Waals surface area contributed by atoms with Crippen molar-refractivity contribution in [3.63, 3.8) is 0 Å². The van der Waals surface area contributed by atoms with Crippen LogP contribution in [0.15, 0.2) is 30.6 Å². The highest BCUT2D eigenvalue weighted by molar-refractivity contribution is 6.31. The first-order valence-corrected chi connectivity index (χ1v) is 7.81. The Labute approximate surface area is 143 Å². The number of piperazine rings is 1. The first kappa shape index (κ1) is 16.4. The zero-order chi connectivity index (χ0) is 17.1. The van der Waals surface area contributed by atoms with Crippen molar-refractivity contribution in [3.8, 4) is 5.88 Å². The Morgan fingerprint density at radius 3 is 2.62 bits per heavy atom. The van der Waals surface area contributed by atoms with E-state index in [4.69, 9.17) is 16.3 Å². The van der Waals surface area contributed by atoms with E-state index in [1.807, 2.05) is 0 Å². The third kappa shape index (κ3) is 3.41. The predicted molar refractivity (Wildman–Crippen MR) is 88.1 cm³/mol. The maximum Gasteiger partial charge on any atom is 0.272 e. The van der Waals surface area contributed by atoms with Crippen molar-refractivity contribution in [2.24, 2.45) is 0 Å². The first-order chi connectivity index (χ1) is 11.6. The molecule has 0 spiro atoms. The Kier molecular flexibility index (Phi) is 4.80. The van der Waals surface area contributed by atoms with E-state index in [9.17, 15) is 9.18 Å². The highest BCUT2D eigenvalue weighted by Crippen LogP contribution is 2.24. The fourth-order valence-corrected chi connectivity index (χ4v) is 2.75. The van der Waals surface area contributed by atoms with Crippen LogP contribution in [-0.4, -0.2) is 54.1 Å². The lowest BCUT2D eigenvalue weighted by Gasteiger charge is -2.36. The van der Waals surface area contributed by atoms with Crippen LogP contribution in [0.5, 0.6) is 5.88 Å². The fraction of sp³-hybridized carbons (Fsp3) is 0.312. The van der Waals surface area contributed by atoms with Gasteiger partial charge in [-0.1, -0.05) is 11.6 Å². The van der Waals surface area contributed by atoms with Crippen molar-refractivity contribution in [1.82, 2.24) is 14.9 Å². The summed E-state index contributed by atoms with van der Waals surface area (Å²) in [5.41, 5.74) is 1.15. The van der Waals surface area contributed by atoms with E-state index >= 15 is 0 Å². The SMILES string of the molecule is COc1cc(C(=O)N2CCN(c3ccc(F)c(Cl)c3)CC2)ncn1. The van der Waals surface area contributed by atoms with Gasteiger partial charge < -0.3 is 14.5 Å². The molecule has 3 rings (SSSR count). The second-order valence-electron chi connectivity index (χ2n) is 5.32. The number of carbonyl (C=O) groups excluding carboxylic acids is 1. The summed E-state index contributed by atoms with van der Waals surface area (Å²) in [6.45, 7) is 2.35. The van der Waals surface area contributed by atoms with Gasteiger partial charge in [0.2, 0.25) is 5.88 Å². The van der Waals surface area contributed by atoms with Gasteiger partial charge in [-0.2, -0.15) is 0 Å². The summed E-state index contributed by atoms with van der Waals surface area (Å²) in [6, 6.07) is 6.16. The lowest BCUT2D eigenvalue weighted by atomic mass is 10.2. The van der Waals surface area contributed by atoms with Gasteiger partial charge >= 0.3 is 0 Å². The molecule has 0 N–H and O–H groups in total. The van der Waals surface area contributed by atoms with Crippen LogP contribution in [0.2, 0.25) is 5.02 Å². The summed E-state index contributed by atoms with van der Waals surface area (Å²) in [7, 11) is 1.49. The number of hydrogen-bond donors (Lipinski definition) is 0. The molecule has 0 unspecified atom stereocenters. The van der Waals surface area contributed by atoms with Gasteiger partial charge in [0.05, 0.1) is 12.1 Å². The zero-order valence-electron chi connectivity index (χ0n) is 13.1. The van der Waals surface area contributed by atoms with Crippen LogP contribution in [0.3, 0.4) is 0 Å². The second kappa shape index (κ2) is 7.00. The Bertz CT molecular complexity index is 751. The number of halogens is 2. The number of carbonyl (C=O) groups is 1. The number of benzene rings is 1. The Morgan fingerprint density at radius 1 is 1.21 bits per heavy atom. The van der Waals surface area contributed by atoms with Gasteiger partial charge in [-0.15, -0.1) is 0 Å². The third-order valence-electron chi connectivity index (χ3n) is 3.91. The number of rotatable bonds is 3. The van der Waals surface area contributed by atoms with Gasteiger partial charge in [-0.05, 0) is 18.2 Å². The van der Waals surface area contributed by atoms with Crippen molar-refractivity contribution in [1.29, 1.82) is 0 Å². The van der Waals surface area contributed by atoms with Crippen molar-refractivity contribution in [2.75, 3.05) is 38.2 Å². The molecule has 8 heteroatoms. The van der Waals surface area contributed by atoms with Gasteiger partial charge in [0.25, 0.3) is 5.91 Å². The minimum atomic E-state index is -0.438. The number of amides is 1. The maximum atomic E-state index is 13.3. The molecule has 0 aliphatic carbocycles. The van der Waals surface area contributed by atoms with Crippen molar-refractivity contribution >= 4 is 23.2 Å². The molecule has 1 aromatic carbocycles. The minimum Gasteiger partial charge on any atom is -0.481 e. The van der Waals surface area contributed by atoms with Gasteiger partial charge in [0.15, 0.2) is 0 Å². The van der Waals surface area contributed by atoms with E-state index < -0.39 is 5.82 Å². The Balaban J connectivity index is 1.65. The molecule has 2 heterocycles. The number of anilines is 1. The highest BCUT2D eigenvalue weighted by Gasteiger charge is 2.24. The van der Waals surface area contributed by atoms with Gasteiger partial charge in [-0.25, -0.2) is 14.4 Å². The molecule has 1 fully saturated rings. The van der Waals surface area contributed by atoms with E-state index in [-0.39, 0.29) is 10.9 Å². The Hall–Kier alpha value is -2.41. The largest absolute Gasteiger partial charge is 0.481 e. The van der Waals surface area contributed by atoms with E-state index in [0.717, 1.165) is 5.69 Å². The molecule has 1 amide bonds. The summed E-state index contributed by atoms with van der Waals surface area (Å²) in [4.78, 5) is 24.2. The molecule has 0 atom stereocenters. The standard InChI is InChI=1S/C16H16ClFN4O2/c1-24-15-9-14(19-10-20-15)16(23)22-6-4-21(5-7-22)11-2-3-13(18)12(17)8-11/h2-3,8-10H,4-7H2,1H3. The smallest absolute Gasteiger partial charge is 0.272 e. The second-order valence-corrected chi connectivity index (χ2v) is 5.73. The molecule has 6 nitrogen and oxygen atoms in total. The van der Waals surface area contributed by atoms with E-state index in [1.165, 1.54) is 25.6 Å². The molecule has 0 saturated carbocycles. The molecule has 1 aromatic heterocycles. The molecule has 1 aliphatic rings. The normalized spacial score (nSPS) is 14.6. The third-order valence-corrected chi connectivity index (χ3v) is 4.20. The van der Waals surface area contributed by atoms with Gasteiger partial charge in [-0.3, -0.25) is 4.79 Å². The summed E-state index contributed by atoms with van der Waals surface area (Å²) in [5, 5.41) is 0.0964. The average molecular weight is 351 g/mol. The highest BCUT2D eigenvalue weighted by atomic mass is 35.5. The molecule has 24 heavy (non-hydrogen) atoms. The summed E-state index contributed by atoms with van der Waals surface area (Å²) < 4.78 is 18.3. The average Bonchev–Trinajstić information content (AvgIpc) is 2.63. The number of hydrogen-bond acceptors (Lipinski definition) is 5. The van der Waals surface area contributed by atoms with Gasteiger partial charge in [0, 0.05) is 37.9 Å². The molecular formula is C16H16ClFN4O2. The molecule has 126 valence electrons. The number of nitrogens with zero attached hydrogens (tertiary/aromatic N) is 4. The van der Waals surface area contributed by atoms with Crippen molar-refractivity contribution in [3.05, 3.63) is 47.1 Å². The van der Waals surface area contributed by atoms with E-state index in [1.54, 1.807) is 17.0 Å². The fourth-order valence-electron chi connectivity index (χ4n) is 2.58.